The minimum absolute atomic E-state index is 0.163. The molecule has 170 valence electrons. The maximum absolute atomic E-state index is 12.7. The molecule has 1 amide bonds. The van der Waals surface area contributed by atoms with E-state index in [4.69, 9.17) is 20.8 Å². The molecule has 0 spiro atoms. The minimum atomic E-state index is -0.425. The van der Waals surface area contributed by atoms with Crippen LogP contribution in [0.4, 0.5) is 5.82 Å². The van der Waals surface area contributed by atoms with Crippen LogP contribution in [0.2, 0.25) is 5.02 Å². The lowest BCUT2D eigenvalue weighted by Gasteiger charge is -2.14. The van der Waals surface area contributed by atoms with E-state index < -0.39 is 5.91 Å². The van der Waals surface area contributed by atoms with E-state index in [0.717, 1.165) is 22.4 Å². The van der Waals surface area contributed by atoms with Crippen LogP contribution in [0.25, 0.3) is 0 Å². The van der Waals surface area contributed by atoms with Crippen molar-refractivity contribution in [1.29, 1.82) is 0 Å². The number of carbonyl (C=O) groups excluding carboxylic acids is 1. The van der Waals surface area contributed by atoms with Gasteiger partial charge in [-0.2, -0.15) is 5.10 Å². The molecule has 4 rings (SSSR count). The standard InChI is InChI=1S/C26H26ClN3O3/c1-17(2)21-11-9-18(3)13-24(21)32-16-20-10-12-23(33-20)26(31)28-25-22(27)15-30(29-25)14-19-7-5-4-6-8-19/h4-13,15,17H,14,16H2,1-3H3,(H,28,29,31). The highest BCUT2D eigenvalue weighted by atomic mass is 35.5. The third-order valence-electron chi connectivity index (χ3n) is 5.18. The predicted molar refractivity (Wildman–Crippen MR) is 129 cm³/mol. The monoisotopic (exact) mass is 463 g/mol. The van der Waals surface area contributed by atoms with Crippen LogP contribution in [-0.4, -0.2) is 15.7 Å². The first-order chi connectivity index (χ1) is 15.9. The van der Waals surface area contributed by atoms with E-state index in [-0.39, 0.29) is 18.2 Å². The van der Waals surface area contributed by atoms with Gasteiger partial charge < -0.3 is 14.5 Å². The fourth-order valence-electron chi connectivity index (χ4n) is 3.47. The molecule has 0 aliphatic rings. The summed E-state index contributed by atoms with van der Waals surface area (Å²) in [5.74, 6) is 1.74. The first-order valence-electron chi connectivity index (χ1n) is 10.8. The number of amides is 1. The Bertz CT molecular complexity index is 1240. The summed E-state index contributed by atoms with van der Waals surface area (Å²) in [4.78, 5) is 12.7. The Balaban J connectivity index is 1.39. The number of carbonyl (C=O) groups is 1. The van der Waals surface area contributed by atoms with E-state index in [9.17, 15) is 4.79 Å². The number of anilines is 1. The molecule has 0 bridgehead atoms. The Morgan fingerprint density at radius 2 is 1.94 bits per heavy atom. The summed E-state index contributed by atoms with van der Waals surface area (Å²) < 4.78 is 13.4. The van der Waals surface area contributed by atoms with E-state index in [0.29, 0.717) is 23.2 Å². The SMILES string of the molecule is Cc1ccc(C(C)C)c(OCc2ccc(C(=O)Nc3nn(Cc4ccccc4)cc3Cl)o2)c1. The number of halogens is 1. The first kappa shape index (κ1) is 22.7. The van der Waals surface area contributed by atoms with Crippen LogP contribution in [0.5, 0.6) is 5.75 Å². The molecule has 0 aliphatic carbocycles. The number of hydrogen-bond acceptors (Lipinski definition) is 4. The van der Waals surface area contributed by atoms with E-state index in [1.54, 1.807) is 23.0 Å². The second-order valence-corrected chi connectivity index (χ2v) is 8.62. The third-order valence-corrected chi connectivity index (χ3v) is 5.46. The van der Waals surface area contributed by atoms with Crippen molar-refractivity contribution in [3.63, 3.8) is 0 Å². The molecule has 33 heavy (non-hydrogen) atoms. The summed E-state index contributed by atoms with van der Waals surface area (Å²) in [6.07, 6.45) is 1.68. The van der Waals surface area contributed by atoms with Crippen molar-refractivity contribution in [3.8, 4) is 5.75 Å². The van der Waals surface area contributed by atoms with Crippen LogP contribution in [-0.2, 0) is 13.2 Å². The summed E-state index contributed by atoms with van der Waals surface area (Å²) in [7, 11) is 0. The van der Waals surface area contributed by atoms with Gasteiger partial charge in [0.15, 0.2) is 11.6 Å². The lowest BCUT2D eigenvalue weighted by molar-refractivity contribution is 0.0992. The second kappa shape index (κ2) is 9.96. The predicted octanol–water partition coefficient (Wildman–Crippen LogP) is 6.44. The smallest absolute Gasteiger partial charge is 0.292 e. The lowest BCUT2D eigenvalue weighted by Crippen LogP contribution is -2.12. The number of hydrogen-bond donors (Lipinski definition) is 1. The summed E-state index contributed by atoms with van der Waals surface area (Å²) in [6, 6.07) is 19.4. The molecule has 0 saturated carbocycles. The van der Waals surface area contributed by atoms with Gasteiger partial charge in [-0.25, -0.2) is 0 Å². The van der Waals surface area contributed by atoms with Gasteiger partial charge in [0.05, 0.1) is 6.54 Å². The van der Waals surface area contributed by atoms with Gasteiger partial charge in [-0.1, -0.05) is 67.9 Å². The quantitative estimate of drug-likeness (QED) is 0.326. The molecule has 7 heteroatoms. The number of furan rings is 1. The number of aromatic nitrogens is 2. The second-order valence-electron chi connectivity index (χ2n) is 8.21. The van der Waals surface area contributed by atoms with Crippen molar-refractivity contribution in [1.82, 2.24) is 9.78 Å². The van der Waals surface area contributed by atoms with Gasteiger partial charge in [0.1, 0.15) is 23.1 Å². The summed E-state index contributed by atoms with van der Waals surface area (Å²) in [5, 5.41) is 7.44. The number of nitrogens with one attached hydrogen (secondary N) is 1. The molecule has 0 unspecified atom stereocenters. The van der Waals surface area contributed by atoms with Crippen LogP contribution in [0, 0.1) is 6.92 Å². The maximum Gasteiger partial charge on any atom is 0.292 e. The van der Waals surface area contributed by atoms with Gasteiger partial charge in [0.25, 0.3) is 5.91 Å². The Hall–Kier alpha value is -3.51. The number of benzene rings is 2. The Kier molecular flexibility index (Phi) is 6.84. The summed E-state index contributed by atoms with van der Waals surface area (Å²) in [5.41, 5.74) is 3.34. The fraction of sp³-hybridized carbons (Fsp3) is 0.231. The number of aryl methyl sites for hydroxylation is 1. The Morgan fingerprint density at radius 3 is 2.70 bits per heavy atom. The summed E-state index contributed by atoms with van der Waals surface area (Å²) in [6.45, 7) is 7.05. The molecular formula is C26H26ClN3O3. The van der Waals surface area contributed by atoms with Gasteiger partial charge in [-0.15, -0.1) is 0 Å². The van der Waals surface area contributed by atoms with Gasteiger partial charge in [0.2, 0.25) is 0 Å². The van der Waals surface area contributed by atoms with Crippen LogP contribution in [0.1, 0.15) is 52.8 Å². The van der Waals surface area contributed by atoms with Crippen molar-refractivity contribution < 1.29 is 13.9 Å². The fourth-order valence-corrected chi connectivity index (χ4v) is 3.67. The highest BCUT2D eigenvalue weighted by molar-refractivity contribution is 6.33. The zero-order valence-electron chi connectivity index (χ0n) is 18.8. The van der Waals surface area contributed by atoms with Crippen molar-refractivity contribution >= 4 is 23.3 Å². The molecule has 0 fully saturated rings. The number of rotatable bonds is 8. The Labute approximate surface area is 198 Å². The molecular weight excluding hydrogens is 438 g/mol. The van der Waals surface area contributed by atoms with Crippen molar-refractivity contribution in [2.45, 2.75) is 39.8 Å². The van der Waals surface area contributed by atoms with Gasteiger partial charge >= 0.3 is 0 Å². The van der Waals surface area contributed by atoms with Crippen molar-refractivity contribution in [3.05, 3.63) is 100 Å². The molecule has 0 radical (unpaired) electrons. The normalized spacial score (nSPS) is 11.1. The third kappa shape index (κ3) is 5.65. The highest BCUT2D eigenvalue weighted by Crippen LogP contribution is 2.28. The average molecular weight is 464 g/mol. The van der Waals surface area contributed by atoms with E-state index in [1.165, 1.54) is 0 Å². The zero-order valence-corrected chi connectivity index (χ0v) is 19.6. The van der Waals surface area contributed by atoms with Crippen molar-refractivity contribution in [2.24, 2.45) is 0 Å². The topological polar surface area (TPSA) is 69.3 Å². The molecule has 2 heterocycles. The molecule has 4 aromatic rings. The van der Waals surface area contributed by atoms with E-state index in [2.05, 4.69) is 36.4 Å². The molecule has 0 aliphatic heterocycles. The van der Waals surface area contributed by atoms with Gasteiger partial charge in [0, 0.05) is 6.20 Å². The maximum atomic E-state index is 12.7. The van der Waals surface area contributed by atoms with E-state index in [1.807, 2.05) is 43.3 Å². The molecule has 1 N–H and O–H groups in total. The molecule has 6 nitrogen and oxygen atoms in total. The number of ether oxygens (including phenoxy) is 1. The largest absolute Gasteiger partial charge is 0.485 e. The lowest BCUT2D eigenvalue weighted by atomic mass is 10.0. The molecule has 2 aromatic carbocycles. The first-order valence-corrected chi connectivity index (χ1v) is 11.2. The minimum Gasteiger partial charge on any atom is -0.485 e. The van der Waals surface area contributed by atoms with Gasteiger partial charge in [-0.3, -0.25) is 9.48 Å². The van der Waals surface area contributed by atoms with Crippen LogP contribution in [0.3, 0.4) is 0 Å². The van der Waals surface area contributed by atoms with Crippen LogP contribution < -0.4 is 10.1 Å². The molecule has 0 saturated heterocycles. The average Bonchev–Trinajstić information content (AvgIpc) is 3.39. The molecule has 2 aromatic heterocycles. The van der Waals surface area contributed by atoms with Crippen molar-refractivity contribution in [2.75, 3.05) is 5.32 Å². The summed E-state index contributed by atoms with van der Waals surface area (Å²) >= 11 is 6.27. The number of nitrogens with zero attached hydrogens (tertiary/aromatic N) is 2. The Morgan fingerprint density at radius 1 is 1.15 bits per heavy atom. The van der Waals surface area contributed by atoms with Crippen LogP contribution >= 0.6 is 11.6 Å². The van der Waals surface area contributed by atoms with Gasteiger partial charge in [-0.05, 0) is 47.7 Å². The van der Waals surface area contributed by atoms with E-state index >= 15 is 0 Å². The zero-order chi connectivity index (χ0) is 23.4. The van der Waals surface area contributed by atoms with Crippen LogP contribution in [0.15, 0.2) is 71.3 Å². The molecule has 0 atom stereocenters. The highest BCUT2D eigenvalue weighted by Gasteiger charge is 2.17.